The van der Waals surface area contributed by atoms with Crippen LogP contribution >= 0.6 is 23.4 Å². The van der Waals surface area contributed by atoms with Crippen molar-refractivity contribution >= 4 is 66.6 Å². The van der Waals surface area contributed by atoms with Crippen LogP contribution in [0.25, 0.3) is 11.1 Å². The second-order valence-corrected chi connectivity index (χ2v) is 19.6. The summed E-state index contributed by atoms with van der Waals surface area (Å²) in [5, 5.41) is 26.0. The third-order valence-electron chi connectivity index (χ3n) is 10.3. The van der Waals surface area contributed by atoms with Crippen LogP contribution in [0.1, 0.15) is 41.3 Å². The molecule has 0 aliphatic carbocycles. The molecule has 328 valence electrons. The molecule has 0 spiro atoms. The number of hydrogen-bond donors (Lipinski definition) is 5. The molecular weight excluding hydrogens is 889 g/mol. The molecule has 6 rings (SSSR count). The first-order valence-corrected chi connectivity index (χ1v) is 23.6. The summed E-state index contributed by atoms with van der Waals surface area (Å²) >= 11 is 7.36. The van der Waals surface area contributed by atoms with E-state index in [-0.39, 0.29) is 30.2 Å². The lowest BCUT2D eigenvalue weighted by Crippen LogP contribution is -2.36. The molecule has 1 heterocycles. The number of rotatable bonds is 16. The molecular formula is C43H42ClF3N4O8S3. The quantitative estimate of drug-likeness (QED) is 0.0598. The number of sulfonamides is 1. The van der Waals surface area contributed by atoms with Gasteiger partial charge in [0.05, 0.1) is 16.7 Å². The van der Waals surface area contributed by atoms with Gasteiger partial charge in [-0.2, -0.15) is 13.2 Å². The van der Waals surface area contributed by atoms with E-state index in [0.29, 0.717) is 37.0 Å². The third kappa shape index (κ3) is 11.4. The molecule has 19 heteroatoms. The number of amides is 2. The van der Waals surface area contributed by atoms with Crippen molar-refractivity contribution in [3.63, 3.8) is 0 Å². The molecule has 0 aromatic heterocycles. The van der Waals surface area contributed by atoms with Gasteiger partial charge in [0.2, 0.25) is 0 Å². The third-order valence-corrected chi connectivity index (χ3v) is 14.6. The van der Waals surface area contributed by atoms with E-state index < -0.39 is 65.0 Å². The Kier molecular flexibility index (Phi) is 14.8. The number of hydrogen-bond acceptors (Lipinski definition) is 10. The van der Waals surface area contributed by atoms with Crippen LogP contribution in [-0.2, 0) is 19.9 Å². The van der Waals surface area contributed by atoms with E-state index in [9.17, 15) is 44.7 Å². The van der Waals surface area contributed by atoms with E-state index in [1.54, 1.807) is 54.6 Å². The summed E-state index contributed by atoms with van der Waals surface area (Å²) in [6.45, 7) is 1.04. The van der Waals surface area contributed by atoms with Crippen molar-refractivity contribution in [2.75, 3.05) is 35.6 Å². The molecule has 2 amide bonds. The Balaban J connectivity index is 1.13. The van der Waals surface area contributed by atoms with E-state index in [1.807, 2.05) is 41.1 Å². The van der Waals surface area contributed by atoms with Crippen LogP contribution in [0.15, 0.2) is 136 Å². The predicted octanol–water partition coefficient (Wildman–Crippen LogP) is 8.60. The fourth-order valence-corrected chi connectivity index (χ4v) is 10.2. The molecule has 0 saturated carbocycles. The summed E-state index contributed by atoms with van der Waals surface area (Å²) in [5.74, 6) is -0.981. The number of nitrogens with zero attached hydrogens (tertiary/aromatic N) is 1. The van der Waals surface area contributed by atoms with Crippen LogP contribution in [0.5, 0.6) is 0 Å². The van der Waals surface area contributed by atoms with E-state index in [2.05, 4.69) is 15.5 Å². The van der Waals surface area contributed by atoms with Crippen LogP contribution in [0, 0.1) is 5.92 Å². The highest BCUT2D eigenvalue weighted by Gasteiger charge is 2.48. The molecule has 0 bridgehead atoms. The minimum atomic E-state index is -6.15. The summed E-state index contributed by atoms with van der Waals surface area (Å²) in [5.41, 5.74) is -3.08. The zero-order valence-electron chi connectivity index (χ0n) is 32.8. The fraction of sp³-hybridized carbons (Fsp3) is 0.256. The second kappa shape index (κ2) is 19.8. The Morgan fingerprint density at radius 2 is 1.50 bits per heavy atom. The SMILES string of the molecule is O=C(O)NCCC(CSc1ccccc1)Nc1ccc(S(=O)(=O)NC(=O)c2ccc(N3CCC([C@H](O)c4ccccc4-c4ccc(Cl)cc4)CC3)cc2)cc1S(=O)(=O)C(F)(F)F. The van der Waals surface area contributed by atoms with Crippen LogP contribution in [0.3, 0.4) is 0 Å². The number of carboxylic acid groups (broad SMARTS) is 1. The smallest absolute Gasteiger partial charge is 0.465 e. The van der Waals surface area contributed by atoms with Gasteiger partial charge in [-0.15, -0.1) is 11.8 Å². The van der Waals surface area contributed by atoms with Gasteiger partial charge in [-0.05, 0) is 109 Å². The lowest BCUT2D eigenvalue weighted by atomic mass is 9.84. The van der Waals surface area contributed by atoms with Gasteiger partial charge in [-0.1, -0.05) is 66.2 Å². The number of thioether (sulfide) groups is 1. The predicted molar refractivity (Wildman–Crippen MR) is 233 cm³/mol. The number of alkyl halides is 3. The average molecular weight is 931 g/mol. The lowest BCUT2D eigenvalue weighted by Gasteiger charge is -2.36. The van der Waals surface area contributed by atoms with Crippen molar-refractivity contribution in [3.05, 3.63) is 137 Å². The fourth-order valence-electron chi connectivity index (χ4n) is 7.06. The Morgan fingerprint density at radius 1 is 0.855 bits per heavy atom. The number of aliphatic hydroxyl groups is 1. The molecule has 1 saturated heterocycles. The van der Waals surface area contributed by atoms with Crippen molar-refractivity contribution in [3.8, 4) is 11.1 Å². The highest BCUT2D eigenvalue weighted by molar-refractivity contribution is 7.99. The summed E-state index contributed by atoms with van der Waals surface area (Å²) in [7, 11) is -11.1. The first kappa shape index (κ1) is 46.2. The maximum atomic E-state index is 14.0. The van der Waals surface area contributed by atoms with Crippen molar-refractivity contribution in [2.45, 2.75) is 51.6 Å². The van der Waals surface area contributed by atoms with E-state index >= 15 is 0 Å². The van der Waals surface area contributed by atoms with Crippen LogP contribution in [0.4, 0.5) is 29.3 Å². The normalized spacial score (nSPS) is 14.8. The molecule has 1 fully saturated rings. The molecule has 5 aromatic carbocycles. The molecule has 1 aliphatic heterocycles. The molecule has 0 radical (unpaired) electrons. The van der Waals surface area contributed by atoms with Crippen LogP contribution in [0.2, 0.25) is 5.02 Å². The topological polar surface area (TPSA) is 182 Å². The number of halogens is 4. The van der Waals surface area contributed by atoms with Gasteiger partial charge in [-0.3, -0.25) is 4.79 Å². The standard InChI is InChI=1S/C43H42ClF3N4O8S3/c44-31-14-10-28(11-15-31)36-8-4-5-9-37(36)40(52)29-21-24-51(25-22-29)33-16-12-30(13-17-33)41(53)50-62(58,59)35-18-19-38(39(26-35)61(56,57)43(45,46)47)49-32(20-23-48-42(54)55)27-60-34-6-2-1-3-7-34/h1-19,26,29,32,40,48-49,52H,20-25,27H2,(H,50,53)(H,54,55)/t32?,40-/m0/s1. The second-order valence-electron chi connectivity index (χ2n) is 14.4. The first-order chi connectivity index (χ1) is 29.4. The van der Waals surface area contributed by atoms with E-state index in [1.165, 1.54) is 23.9 Å². The Morgan fingerprint density at radius 3 is 2.15 bits per heavy atom. The number of piperidine rings is 1. The maximum absolute atomic E-state index is 14.0. The van der Waals surface area contributed by atoms with Gasteiger partial charge in [0.15, 0.2) is 0 Å². The van der Waals surface area contributed by atoms with Crippen molar-refractivity contribution in [1.82, 2.24) is 10.0 Å². The summed E-state index contributed by atoms with van der Waals surface area (Å²) < 4.78 is 96.4. The van der Waals surface area contributed by atoms with Crippen LogP contribution < -0.4 is 20.3 Å². The number of nitrogens with one attached hydrogen (secondary N) is 3. The Labute approximate surface area is 366 Å². The summed E-state index contributed by atoms with van der Waals surface area (Å²) in [4.78, 5) is 24.8. The molecule has 5 aromatic rings. The van der Waals surface area contributed by atoms with Crippen molar-refractivity contribution in [1.29, 1.82) is 0 Å². The minimum absolute atomic E-state index is 0.0226. The van der Waals surface area contributed by atoms with Crippen molar-refractivity contribution in [2.24, 2.45) is 5.92 Å². The number of benzene rings is 5. The number of anilines is 2. The first-order valence-electron chi connectivity index (χ1n) is 19.2. The zero-order chi connectivity index (χ0) is 44.7. The minimum Gasteiger partial charge on any atom is -0.465 e. The summed E-state index contributed by atoms with van der Waals surface area (Å²) in [6, 6.07) is 31.3. The molecule has 1 aliphatic rings. The van der Waals surface area contributed by atoms with E-state index in [4.69, 9.17) is 16.7 Å². The van der Waals surface area contributed by atoms with Crippen LogP contribution in [-0.4, -0.2) is 76.0 Å². The molecule has 5 N–H and O–H groups in total. The van der Waals surface area contributed by atoms with Gasteiger partial charge in [-0.25, -0.2) is 26.4 Å². The van der Waals surface area contributed by atoms with Gasteiger partial charge in [0.1, 0.15) is 4.90 Å². The van der Waals surface area contributed by atoms with Gasteiger partial charge < -0.3 is 25.7 Å². The average Bonchev–Trinajstić information content (AvgIpc) is 3.25. The van der Waals surface area contributed by atoms with Gasteiger partial charge in [0, 0.05) is 52.6 Å². The van der Waals surface area contributed by atoms with Gasteiger partial charge >= 0.3 is 11.6 Å². The largest absolute Gasteiger partial charge is 0.501 e. The molecule has 2 atom stereocenters. The van der Waals surface area contributed by atoms with Gasteiger partial charge in [0.25, 0.3) is 25.8 Å². The number of carbonyl (C=O) groups is 2. The highest BCUT2D eigenvalue weighted by atomic mass is 35.5. The number of carbonyl (C=O) groups excluding carboxylic acids is 1. The molecule has 62 heavy (non-hydrogen) atoms. The molecule has 1 unspecified atom stereocenters. The lowest BCUT2D eigenvalue weighted by molar-refractivity contribution is -0.0436. The maximum Gasteiger partial charge on any atom is 0.501 e. The van der Waals surface area contributed by atoms with E-state index in [0.717, 1.165) is 39.4 Å². The molecule has 12 nitrogen and oxygen atoms in total. The number of sulfone groups is 1. The Hall–Kier alpha value is -5.27. The zero-order valence-corrected chi connectivity index (χ0v) is 36.0. The summed E-state index contributed by atoms with van der Waals surface area (Å²) in [6.07, 6.45) is -0.718. The van der Waals surface area contributed by atoms with Crippen molar-refractivity contribution < 1.29 is 49.8 Å². The highest BCUT2D eigenvalue weighted by Crippen LogP contribution is 2.39. The Bertz CT molecular complexity index is 2580. The monoisotopic (exact) mass is 930 g/mol. The number of aliphatic hydroxyl groups excluding tert-OH is 1.